The van der Waals surface area contributed by atoms with Crippen molar-refractivity contribution >= 4 is 38.9 Å². The van der Waals surface area contributed by atoms with Gasteiger partial charge in [0.15, 0.2) is 0 Å². The molecule has 0 spiro atoms. The maximum atomic E-state index is 2.39. The molecule has 0 unspecified atom stereocenters. The van der Waals surface area contributed by atoms with Crippen molar-refractivity contribution in [3.05, 3.63) is 243 Å². The number of nitrogens with zero attached hydrogens (tertiary/aromatic N) is 2. The fraction of sp³-hybridized carbons (Fsp3) is 0. The Morgan fingerprint density at radius 1 is 0.242 bits per heavy atom. The Morgan fingerprint density at radius 3 is 1.23 bits per heavy atom. The normalized spacial score (nSPS) is 11.5. The first-order valence-corrected chi connectivity index (χ1v) is 21.3. The Bertz CT molecular complexity index is 3430. The highest BCUT2D eigenvalue weighted by atomic mass is 15.1. The van der Waals surface area contributed by atoms with Gasteiger partial charge in [0.05, 0.1) is 11.0 Å². The molecule has 0 bridgehead atoms. The van der Waals surface area contributed by atoms with E-state index in [-0.39, 0.29) is 0 Å². The molecule has 1 aromatic heterocycles. The second kappa shape index (κ2) is 14.8. The molecule has 62 heavy (non-hydrogen) atoms. The molecule has 12 rings (SSSR count). The highest BCUT2D eigenvalue weighted by Crippen LogP contribution is 2.49. The van der Waals surface area contributed by atoms with E-state index in [1.807, 2.05) is 0 Å². The molecule has 1 heterocycles. The molecular weight excluding hydrogens is 749 g/mol. The van der Waals surface area contributed by atoms with Crippen molar-refractivity contribution in [3.63, 3.8) is 0 Å². The van der Waals surface area contributed by atoms with E-state index in [0.717, 1.165) is 22.7 Å². The number of benzene rings is 10. The molecule has 0 aliphatic heterocycles. The van der Waals surface area contributed by atoms with Crippen LogP contribution in [0, 0.1) is 0 Å². The summed E-state index contributed by atoms with van der Waals surface area (Å²) in [4.78, 5) is 2.39. The van der Waals surface area contributed by atoms with Crippen LogP contribution in [0.25, 0.3) is 94.3 Å². The summed E-state index contributed by atoms with van der Waals surface area (Å²) < 4.78 is 2.38. The number of aromatic nitrogens is 1. The molecule has 0 amide bonds. The van der Waals surface area contributed by atoms with E-state index in [1.165, 1.54) is 88.6 Å². The maximum Gasteiger partial charge on any atom is 0.0542 e. The lowest BCUT2D eigenvalue weighted by Crippen LogP contribution is -2.10. The second-order valence-electron chi connectivity index (χ2n) is 16.1. The van der Waals surface area contributed by atoms with Crippen LogP contribution in [0.15, 0.2) is 243 Å². The van der Waals surface area contributed by atoms with Crippen LogP contribution in [-0.4, -0.2) is 4.57 Å². The quantitative estimate of drug-likeness (QED) is 0.163. The Kier molecular flexibility index (Phi) is 8.53. The van der Waals surface area contributed by atoms with Gasteiger partial charge < -0.3 is 9.47 Å². The molecule has 0 N–H and O–H groups in total. The van der Waals surface area contributed by atoms with E-state index in [2.05, 4.69) is 252 Å². The topological polar surface area (TPSA) is 8.17 Å². The summed E-state index contributed by atoms with van der Waals surface area (Å²) in [6, 6.07) is 88.5. The fourth-order valence-electron chi connectivity index (χ4n) is 9.68. The number of para-hydroxylation sites is 2. The number of hydrogen-bond acceptors (Lipinski definition) is 1. The summed E-state index contributed by atoms with van der Waals surface area (Å²) in [6.45, 7) is 0. The molecule has 1 aliphatic rings. The Morgan fingerprint density at radius 2 is 0.645 bits per heavy atom. The van der Waals surface area contributed by atoms with Crippen LogP contribution >= 0.6 is 0 Å². The van der Waals surface area contributed by atoms with Crippen LogP contribution in [-0.2, 0) is 0 Å². The van der Waals surface area contributed by atoms with Gasteiger partial charge in [0.25, 0.3) is 0 Å². The van der Waals surface area contributed by atoms with Crippen LogP contribution in [0.1, 0.15) is 0 Å². The first-order valence-electron chi connectivity index (χ1n) is 21.3. The molecule has 0 saturated carbocycles. The lowest BCUT2D eigenvalue weighted by molar-refractivity contribution is 1.18. The minimum absolute atomic E-state index is 1.09. The largest absolute Gasteiger partial charge is 0.310 e. The third-order valence-corrected chi connectivity index (χ3v) is 12.6. The van der Waals surface area contributed by atoms with Gasteiger partial charge in [0.2, 0.25) is 0 Å². The zero-order valence-corrected chi connectivity index (χ0v) is 34.0. The van der Waals surface area contributed by atoms with E-state index in [4.69, 9.17) is 0 Å². The first kappa shape index (κ1) is 35.7. The van der Waals surface area contributed by atoms with E-state index in [9.17, 15) is 0 Å². The van der Waals surface area contributed by atoms with Gasteiger partial charge >= 0.3 is 0 Å². The molecule has 10 aromatic carbocycles. The molecule has 11 aromatic rings. The minimum atomic E-state index is 1.09. The molecule has 0 fully saturated rings. The van der Waals surface area contributed by atoms with Crippen molar-refractivity contribution in [3.8, 4) is 72.4 Å². The third-order valence-electron chi connectivity index (χ3n) is 12.6. The number of fused-ring (bicyclic) bond motifs is 11. The number of rotatable bonds is 6. The van der Waals surface area contributed by atoms with E-state index in [1.54, 1.807) is 0 Å². The van der Waals surface area contributed by atoms with Crippen molar-refractivity contribution in [2.75, 3.05) is 4.90 Å². The number of anilines is 3. The fourth-order valence-corrected chi connectivity index (χ4v) is 9.68. The van der Waals surface area contributed by atoms with Gasteiger partial charge in [0, 0.05) is 33.5 Å². The molecule has 2 heteroatoms. The van der Waals surface area contributed by atoms with Gasteiger partial charge in [0.1, 0.15) is 0 Å². The second-order valence-corrected chi connectivity index (χ2v) is 16.1. The van der Waals surface area contributed by atoms with Crippen LogP contribution in [0.4, 0.5) is 17.1 Å². The van der Waals surface area contributed by atoms with Crippen molar-refractivity contribution in [2.45, 2.75) is 0 Å². The smallest absolute Gasteiger partial charge is 0.0542 e. The SMILES string of the molecule is c1ccc(-c2ccc(N(c3ccc(-c4ccc5c(c4)-c4ccccc4-c4ccccc4-c4ccccc4-5)cc3)c3ccc4c(c3)c3ccccc3n4-c3ccccc3)cc2)cc1. The highest BCUT2D eigenvalue weighted by molar-refractivity contribution is 6.11. The lowest BCUT2D eigenvalue weighted by Gasteiger charge is -2.26. The van der Waals surface area contributed by atoms with Crippen LogP contribution < -0.4 is 4.90 Å². The summed E-state index contributed by atoms with van der Waals surface area (Å²) in [6.07, 6.45) is 0. The number of hydrogen-bond donors (Lipinski definition) is 0. The zero-order valence-electron chi connectivity index (χ0n) is 34.0. The summed E-state index contributed by atoms with van der Waals surface area (Å²) >= 11 is 0. The van der Waals surface area contributed by atoms with Gasteiger partial charge in [-0.2, -0.15) is 0 Å². The van der Waals surface area contributed by atoms with Crippen LogP contribution in [0.3, 0.4) is 0 Å². The molecule has 0 atom stereocenters. The molecule has 0 saturated heterocycles. The molecule has 1 aliphatic carbocycles. The van der Waals surface area contributed by atoms with Gasteiger partial charge in [-0.25, -0.2) is 0 Å². The predicted octanol–water partition coefficient (Wildman–Crippen LogP) is 16.6. The van der Waals surface area contributed by atoms with Crippen molar-refractivity contribution < 1.29 is 0 Å². The van der Waals surface area contributed by atoms with E-state index >= 15 is 0 Å². The Hall–Kier alpha value is -8.20. The molecule has 290 valence electrons. The average molecular weight is 789 g/mol. The summed E-state index contributed by atoms with van der Waals surface area (Å²) in [7, 11) is 0. The monoisotopic (exact) mass is 788 g/mol. The van der Waals surface area contributed by atoms with Crippen LogP contribution in [0.5, 0.6) is 0 Å². The van der Waals surface area contributed by atoms with Crippen molar-refractivity contribution in [2.24, 2.45) is 0 Å². The Balaban J connectivity index is 0.988. The summed E-state index contributed by atoms with van der Waals surface area (Å²) in [5, 5.41) is 2.45. The standard InChI is InChI=1S/C60H40N2/c1-3-15-41(16-4-1)42-27-32-46(33-28-42)61(48-36-38-60-58(40-48)56-25-13-14-26-59(56)62(60)45-17-5-2-6-18-45)47-34-29-43(30-35-47)44-31-37-55-53-23-10-9-21-51(53)49-19-7-8-20-50(49)52-22-11-12-24-54(52)57(55)39-44/h1-40H. The third kappa shape index (κ3) is 5.96. The lowest BCUT2D eigenvalue weighted by atomic mass is 9.80. The van der Waals surface area contributed by atoms with E-state index in [0.29, 0.717) is 0 Å². The van der Waals surface area contributed by atoms with Gasteiger partial charge in [-0.3, -0.25) is 0 Å². The van der Waals surface area contributed by atoms with Gasteiger partial charge in [-0.15, -0.1) is 0 Å². The van der Waals surface area contributed by atoms with Crippen molar-refractivity contribution in [1.82, 2.24) is 4.57 Å². The molecular formula is C60H40N2. The predicted molar refractivity (Wildman–Crippen MR) is 262 cm³/mol. The van der Waals surface area contributed by atoms with Gasteiger partial charge in [-0.1, -0.05) is 176 Å². The minimum Gasteiger partial charge on any atom is -0.310 e. The summed E-state index contributed by atoms with van der Waals surface area (Å²) in [5.74, 6) is 0. The van der Waals surface area contributed by atoms with Crippen LogP contribution in [0.2, 0.25) is 0 Å². The van der Waals surface area contributed by atoms with E-state index < -0.39 is 0 Å². The highest BCUT2D eigenvalue weighted by Gasteiger charge is 2.23. The van der Waals surface area contributed by atoms with Gasteiger partial charge in [-0.05, 0) is 133 Å². The molecule has 2 nitrogen and oxygen atoms in total. The molecule has 0 radical (unpaired) electrons. The first-order chi connectivity index (χ1) is 30.8. The zero-order chi connectivity index (χ0) is 41.0. The van der Waals surface area contributed by atoms with Crippen molar-refractivity contribution in [1.29, 1.82) is 0 Å². The maximum absolute atomic E-state index is 2.39. The average Bonchev–Trinajstić information content (AvgIpc) is 3.68. The Labute approximate surface area is 361 Å². The summed E-state index contributed by atoms with van der Waals surface area (Å²) in [5.41, 5.74) is 21.6.